The monoisotopic (exact) mass is 384 g/mol. The summed E-state index contributed by atoms with van der Waals surface area (Å²) < 4.78 is 18.5. The second-order valence-electron chi connectivity index (χ2n) is 6.97. The van der Waals surface area contributed by atoms with Gasteiger partial charge in [0.25, 0.3) is 0 Å². The van der Waals surface area contributed by atoms with Crippen LogP contribution in [0.3, 0.4) is 0 Å². The molecule has 3 rings (SSSR count). The van der Waals surface area contributed by atoms with Crippen molar-refractivity contribution in [3.8, 4) is 5.75 Å². The fourth-order valence-electron chi connectivity index (χ4n) is 3.56. The van der Waals surface area contributed by atoms with E-state index in [1.807, 2.05) is 12.1 Å². The highest BCUT2D eigenvalue weighted by atomic mass is 19.1. The third-order valence-corrected chi connectivity index (χ3v) is 5.12. The standard InChI is InChI=1S/C22H29FN4O/c1-24-22(25-15-17-8-10-19(23)11-9-17)26-16-21(27-12-3-4-13-27)18-6-5-7-20(14-18)28-2/h5-11,14,21H,3-4,12-13,15-16H2,1-2H3,(H2,24,25,26). The minimum atomic E-state index is -0.224. The number of aliphatic imine (C=N–C) groups is 1. The topological polar surface area (TPSA) is 48.9 Å². The molecule has 2 N–H and O–H groups in total. The third kappa shape index (κ3) is 5.45. The highest BCUT2D eigenvalue weighted by Crippen LogP contribution is 2.27. The number of likely N-dealkylation sites (tertiary alicyclic amines) is 1. The van der Waals surface area contributed by atoms with Gasteiger partial charge in [-0.3, -0.25) is 9.89 Å². The second kappa shape index (κ2) is 10.1. The zero-order valence-electron chi connectivity index (χ0n) is 16.6. The molecule has 0 spiro atoms. The molecule has 0 aliphatic carbocycles. The van der Waals surface area contributed by atoms with E-state index in [0.717, 1.165) is 36.9 Å². The highest BCUT2D eigenvalue weighted by Gasteiger charge is 2.24. The first-order chi connectivity index (χ1) is 13.7. The average molecular weight is 384 g/mol. The molecule has 1 aliphatic rings. The van der Waals surface area contributed by atoms with Crippen molar-refractivity contribution in [3.05, 3.63) is 65.5 Å². The van der Waals surface area contributed by atoms with Crippen molar-refractivity contribution in [2.75, 3.05) is 33.8 Å². The van der Waals surface area contributed by atoms with Crippen molar-refractivity contribution in [1.82, 2.24) is 15.5 Å². The lowest BCUT2D eigenvalue weighted by atomic mass is 10.1. The van der Waals surface area contributed by atoms with E-state index in [1.165, 1.54) is 30.5 Å². The Labute approximate surface area is 166 Å². The summed E-state index contributed by atoms with van der Waals surface area (Å²) in [6, 6.07) is 15.0. The smallest absolute Gasteiger partial charge is 0.191 e. The van der Waals surface area contributed by atoms with Gasteiger partial charge in [-0.1, -0.05) is 24.3 Å². The molecule has 2 aromatic rings. The maximum Gasteiger partial charge on any atom is 0.191 e. The maximum atomic E-state index is 13.1. The number of nitrogens with zero attached hydrogens (tertiary/aromatic N) is 2. The van der Waals surface area contributed by atoms with Gasteiger partial charge >= 0.3 is 0 Å². The molecular formula is C22H29FN4O. The average Bonchev–Trinajstić information content (AvgIpc) is 3.26. The van der Waals surface area contributed by atoms with Gasteiger partial charge in [0.2, 0.25) is 0 Å². The first kappa shape index (κ1) is 20.1. The van der Waals surface area contributed by atoms with E-state index in [9.17, 15) is 4.39 Å². The fraction of sp³-hybridized carbons (Fsp3) is 0.409. The Balaban J connectivity index is 1.63. The van der Waals surface area contributed by atoms with Crippen molar-refractivity contribution >= 4 is 5.96 Å². The van der Waals surface area contributed by atoms with Gasteiger partial charge in [-0.25, -0.2) is 4.39 Å². The molecule has 5 nitrogen and oxygen atoms in total. The van der Waals surface area contributed by atoms with Crippen LogP contribution in [0, 0.1) is 5.82 Å². The molecule has 0 amide bonds. The van der Waals surface area contributed by atoms with Crippen LogP contribution in [-0.4, -0.2) is 44.7 Å². The number of rotatable bonds is 7. The van der Waals surface area contributed by atoms with Crippen molar-refractivity contribution in [2.45, 2.75) is 25.4 Å². The summed E-state index contributed by atoms with van der Waals surface area (Å²) >= 11 is 0. The third-order valence-electron chi connectivity index (χ3n) is 5.12. The molecule has 0 bridgehead atoms. The zero-order chi connectivity index (χ0) is 19.8. The molecule has 0 aromatic heterocycles. The van der Waals surface area contributed by atoms with Gasteiger partial charge < -0.3 is 15.4 Å². The number of guanidine groups is 1. The van der Waals surface area contributed by atoms with E-state index in [0.29, 0.717) is 6.54 Å². The van der Waals surface area contributed by atoms with Crippen molar-refractivity contribution < 1.29 is 9.13 Å². The number of methoxy groups -OCH3 is 1. The lowest BCUT2D eigenvalue weighted by molar-refractivity contribution is 0.245. The zero-order valence-corrected chi connectivity index (χ0v) is 16.6. The Morgan fingerprint density at radius 1 is 1.14 bits per heavy atom. The van der Waals surface area contributed by atoms with Crippen molar-refractivity contribution in [3.63, 3.8) is 0 Å². The first-order valence-electron chi connectivity index (χ1n) is 9.76. The lowest BCUT2D eigenvalue weighted by Crippen LogP contribution is -2.42. The Bertz CT molecular complexity index is 772. The Morgan fingerprint density at radius 2 is 1.89 bits per heavy atom. The Hall–Kier alpha value is -2.60. The largest absolute Gasteiger partial charge is 0.497 e. The number of hydrogen-bond donors (Lipinski definition) is 2. The van der Waals surface area contributed by atoms with Gasteiger partial charge in [0.05, 0.1) is 13.2 Å². The molecule has 1 atom stereocenters. The quantitative estimate of drug-likeness (QED) is 0.568. The van der Waals surface area contributed by atoms with E-state index in [4.69, 9.17) is 4.74 Å². The number of halogens is 1. The van der Waals surface area contributed by atoms with E-state index in [1.54, 1.807) is 26.3 Å². The van der Waals surface area contributed by atoms with Gasteiger partial charge in [-0.2, -0.15) is 0 Å². The summed E-state index contributed by atoms with van der Waals surface area (Å²) in [5.41, 5.74) is 2.25. The second-order valence-corrected chi connectivity index (χ2v) is 6.97. The normalized spacial score (nSPS) is 16.0. The number of ether oxygens (including phenoxy) is 1. The first-order valence-corrected chi connectivity index (χ1v) is 9.76. The molecule has 28 heavy (non-hydrogen) atoms. The molecule has 0 saturated carbocycles. The summed E-state index contributed by atoms with van der Waals surface area (Å²) in [5, 5.41) is 6.74. The molecular weight excluding hydrogens is 355 g/mol. The molecule has 1 fully saturated rings. The van der Waals surface area contributed by atoms with E-state index < -0.39 is 0 Å². The van der Waals surface area contributed by atoms with Crippen LogP contribution in [0.15, 0.2) is 53.5 Å². The van der Waals surface area contributed by atoms with E-state index >= 15 is 0 Å². The molecule has 1 aliphatic heterocycles. The minimum absolute atomic E-state index is 0.224. The van der Waals surface area contributed by atoms with Gasteiger partial charge in [-0.15, -0.1) is 0 Å². The summed E-state index contributed by atoms with van der Waals surface area (Å²) in [5.74, 6) is 1.38. The summed E-state index contributed by atoms with van der Waals surface area (Å²) in [6.45, 7) is 3.54. The molecule has 6 heteroatoms. The summed E-state index contributed by atoms with van der Waals surface area (Å²) in [6.07, 6.45) is 2.47. The number of nitrogens with one attached hydrogen (secondary N) is 2. The van der Waals surface area contributed by atoms with Crippen LogP contribution < -0.4 is 15.4 Å². The highest BCUT2D eigenvalue weighted by molar-refractivity contribution is 5.79. The van der Waals surface area contributed by atoms with Crippen LogP contribution in [0.25, 0.3) is 0 Å². The molecule has 2 aromatic carbocycles. The van der Waals surface area contributed by atoms with Crippen LogP contribution in [0.2, 0.25) is 0 Å². The Kier molecular flexibility index (Phi) is 7.25. The van der Waals surface area contributed by atoms with Crippen LogP contribution in [0.5, 0.6) is 5.75 Å². The van der Waals surface area contributed by atoms with Crippen molar-refractivity contribution in [2.24, 2.45) is 4.99 Å². The van der Waals surface area contributed by atoms with Gasteiger partial charge in [0.1, 0.15) is 11.6 Å². The van der Waals surface area contributed by atoms with E-state index in [2.05, 4.69) is 32.7 Å². The summed E-state index contributed by atoms with van der Waals surface area (Å²) in [7, 11) is 3.46. The predicted octanol–water partition coefficient (Wildman–Crippen LogP) is 3.34. The van der Waals surface area contributed by atoms with Gasteiger partial charge in [-0.05, 0) is 61.3 Å². The van der Waals surface area contributed by atoms with E-state index in [-0.39, 0.29) is 11.9 Å². The fourth-order valence-corrected chi connectivity index (χ4v) is 3.56. The number of benzene rings is 2. The molecule has 0 radical (unpaired) electrons. The molecule has 150 valence electrons. The van der Waals surface area contributed by atoms with Gasteiger partial charge in [0.15, 0.2) is 5.96 Å². The van der Waals surface area contributed by atoms with Crippen LogP contribution in [0.4, 0.5) is 4.39 Å². The minimum Gasteiger partial charge on any atom is -0.497 e. The van der Waals surface area contributed by atoms with Crippen LogP contribution in [-0.2, 0) is 6.54 Å². The lowest BCUT2D eigenvalue weighted by Gasteiger charge is -2.29. The van der Waals surface area contributed by atoms with Gasteiger partial charge in [0, 0.05) is 20.1 Å². The SMILES string of the molecule is CN=C(NCc1ccc(F)cc1)NCC(c1cccc(OC)c1)N1CCCC1. The van der Waals surface area contributed by atoms with Crippen molar-refractivity contribution in [1.29, 1.82) is 0 Å². The molecule has 1 heterocycles. The molecule has 1 unspecified atom stereocenters. The maximum absolute atomic E-state index is 13.1. The van der Waals surface area contributed by atoms with Crippen LogP contribution >= 0.6 is 0 Å². The predicted molar refractivity (Wildman–Crippen MR) is 111 cm³/mol. The molecule has 1 saturated heterocycles. The Morgan fingerprint density at radius 3 is 2.57 bits per heavy atom. The summed E-state index contributed by atoms with van der Waals surface area (Å²) in [4.78, 5) is 6.83. The number of hydrogen-bond acceptors (Lipinski definition) is 3. The van der Waals surface area contributed by atoms with Crippen LogP contribution in [0.1, 0.15) is 30.0 Å².